The van der Waals surface area contributed by atoms with E-state index < -0.39 is 32.6 Å². The SMILES string of the molecule is CC1(C(=O)O)CCCN1C(=O)NCC1CCCS1(=O)=O. The zero-order valence-electron chi connectivity index (χ0n) is 11.5. The molecule has 2 saturated heterocycles. The van der Waals surface area contributed by atoms with Gasteiger partial charge in [-0.25, -0.2) is 18.0 Å². The number of hydrogen-bond donors (Lipinski definition) is 2. The summed E-state index contributed by atoms with van der Waals surface area (Å²) in [5.41, 5.74) is -1.20. The molecule has 2 heterocycles. The first-order valence-corrected chi connectivity index (χ1v) is 8.49. The third-order valence-corrected chi connectivity index (χ3v) is 6.57. The number of carbonyl (C=O) groups excluding carboxylic acids is 1. The van der Waals surface area contributed by atoms with E-state index in [-0.39, 0.29) is 12.3 Å². The number of sulfone groups is 1. The number of nitrogens with one attached hydrogen (secondary N) is 1. The van der Waals surface area contributed by atoms with E-state index in [9.17, 15) is 23.1 Å². The van der Waals surface area contributed by atoms with Crippen LogP contribution in [0.1, 0.15) is 32.6 Å². The van der Waals surface area contributed by atoms with Crippen LogP contribution >= 0.6 is 0 Å². The Morgan fingerprint density at radius 1 is 1.40 bits per heavy atom. The Bertz CT molecular complexity index is 518. The standard InChI is InChI=1S/C12H20N2O5S/c1-12(10(15)16)5-3-6-14(12)11(17)13-8-9-4-2-7-20(9,18)19/h9H,2-8H2,1H3,(H,13,17)(H,15,16). The number of carboxylic acids is 1. The number of rotatable bonds is 3. The summed E-state index contributed by atoms with van der Waals surface area (Å²) >= 11 is 0. The molecule has 0 bridgehead atoms. The normalized spacial score (nSPS) is 32.2. The lowest BCUT2D eigenvalue weighted by atomic mass is 10.00. The summed E-state index contributed by atoms with van der Waals surface area (Å²) in [6.07, 6.45) is 2.23. The smallest absolute Gasteiger partial charge is 0.329 e. The zero-order chi connectivity index (χ0) is 15.0. The molecule has 0 aromatic heterocycles. The summed E-state index contributed by atoms with van der Waals surface area (Å²) in [6, 6.07) is -0.491. The highest BCUT2D eigenvalue weighted by Crippen LogP contribution is 2.29. The van der Waals surface area contributed by atoms with E-state index in [2.05, 4.69) is 5.32 Å². The topological polar surface area (TPSA) is 104 Å². The molecule has 2 rings (SSSR count). The van der Waals surface area contributed by atoms with Crippen LogP contribution in [0.3, 0.4) is 0 Å². The maximum Gasteiger partial charge on any atom is 0.329 e. The second-order valence-corrected chi connectivity index (χ2v) is 8.05. The Balaban J connectivity index is 1.97. The number of carbonyl (C=O) groups is 2. The summed E-state index contributed by atoms with van der Waals surface area (Å²) < 4.78 is 23.3. The number of amides is 2. The van der Waals surface area contributed by atoms with E-state index in [1.165, 1.54) is 11.8 Å². The van der Waals surface area contributed by atoms with Crippen LogP contribution < -0.4 is 5.32 Å². The largest absolute Gasteiger partial charge is 0.480 e. The van der Waals surface area contributed by atoms with E-state index in [0.717, 1.165) is 0 Å². The minimum Gasteiger partial charge on any atom is -0.480 e. The molecule has 2 aliphatic heterocycles. The minimum atomic E-state index is -3.10. The molecule has 2 unspecified atom stereocenters. The fourth-order valence-electron chi connectivity index (χ4n) is 2.90. The highest BCUT2D eigenvalue weighted by Gasteiger charge is 2.46. The molecular weight excluding hydrogens is 284 g/mol. The maximum atomic E-state index is 12.1. The van der Waals surface area contributed by atoms with Gasteiger partial charge in [-0.15, -0.1) is 0 Å². The van der Waals surface area contributed by atoms with Crippen LogP contribution in [0.4, 0.5) is 4.79 Å². The van der Waals surface area contributed by atoms with E-state index >= 15 is 0 Å². The van der Waals surface area contributed by atoms with Gasteiger partial charge in [0, 0.05) is 13.1 Å². The van der Waals surface area contributed by atoms with Gasteiger partial charge in [0.05, 0.1) is 11.0 Å². The maximum absolute atomic E-state index is 12.1. The average molecular weight is 304 g/mol. The molecule has 0 radical (unpaired) electrons. The van der Waals surface area contributed by atoms with Crippen molar-refractivity contribution >= 4 is 21.8 Å². The summed E-state index contributed by atoms with van der Waals surface area (Å²) in [7, 11) is -3.10. The van der Waals surface area contributed by atoms with E-state index in [1.807, 2.05) is 0 Å². The Morgan fingerprint density at radius 3 is 2.65 bits per heavy atom. The van der Waals surface area contributed by atoms with Gasteiger partial charge in [0.15, 0.2) is 9.84 Å². The lowest BCUT2D eigenvalue weighted by Gasteiger charge is -2.31. The van der Waals surface area contributed by atoms with Gasteiger partial charge in [-0.1, -0.05) is 0 Å². The molecule has 2 fully saturated rings. The van der Waals surface area contributed by atoms with Crippen LogP contribution in [0.25, 0.3) is 0 Å². The van der Waals surface area contributed by atoms with Crippen molar-refractivity contribution in [2.24, 2.45) is 0 Å². The molecule has 0 aromatic rings. The second kappa shape index (κ2) is 5.23. The zero-order valence-corrected chi connectivity index (χ0v) is 12.3. The molecule has 7 nitrogen and oxygen atoms in total. The summed E-state index contributed by atoms with van der Waals surface area (Å²) in [5, 5.41) is 11.3. The third kappa shape index (κ3) is 2.61. The van der Waals surface area contributed by atoms with Crippen LogP contribution in [0.15, 0.2) is 0 Å². The molecule has 114 valence electrons. The van der Waals surface area contributed by atoms with Crippen LogP contribution in [-0.2, 0) is 14.6 Å². The second-order valence-electron chi connectivity index (χ2n) is 5.65. The first-order chi connectivity index (χ1) is 9.27. The van der Waals surface area contributed by atoms with E-state index in [1.54, 1.807) is 0 Å². The number of hydrogen-bond acceptors (Lipinski definition) is 4. The van der Waals surface area contributed by atoms with Crippen LogP contribution in [-0.4, -0.2) is 60.1 Å². The molecule has 20 heavy (non-hydrogen) atoms. The fraction of sp³-hybridized carbons (Fsp3) is 0.833. The average Bonchev–Trinajstić information content (AvgIpc) is 2.90. The van der Waals surface area contributed by atoms with Crippen molar-refractivity contribution in [3.8, 4) is 0 Å². The summed E-state index contributed by atoms with van der Waals surface area (Å²) in [4.78, 5) is 24.7. The molecule has 0 saturated carbocycles. The van der Waals surface area contributed by atoms with Crippen molar-refractivity contribution in [2.75, 3.05) is 18.8 Å². The quantitative estimate of drug-likeness (QED) is 0.776. The van der Waals surface area contributed by atoms with Crippen molar-refractivity contribution in [3.05, 3.63) is 0 Å². The Labute approximate surface area is 118 Å². The summed E-state index contributed by atoms with van der Waals surface area (Å²) in [5.74, 6) is -0.858. The van der Waals surface area contributed by atoms with Crippen molar-refractivity contribution < 1.29 is 23.1 Å². The van der Waals surface area contributed by atoms with Gasteiger partial charge in [0.2, 0.25) is 0 Å². The van der Waals surface area contributed by atoms with Crippen LogP contribution in [0.5, 0.6) is 0 Å². The van der Waals surface area contributed by atoms with Gasteiger partial charge < -0.3 is 15.3 Å². The highest BCUT2D eigenvalue weighted by molar-refractivity contribution is 7.92. The number of aliphatic carboxylic acids is 1. The van der Waals surface area contributed by atoms with Crippen LogP contribution in [0.2, 0.25) is 0 Å². The molecule has 0 aliphatic carbocycles. The molecule has 0 spiro atoms. The minimum absolute atomic E-state index is 0.0629. The molecule has 2 aliphatic rings. The van der Waals surface area contributed by atoms with Gasteiger partial charge in [0.1, 0.15) is 5.54 Å². The van der Waals surface area contributed by atoms with Gasteiger partial charge in [-0.3, -0.25) is 0 Å². The third-order valence-electron chi connectivity index (χ3n) is 4.29. The number of nitrogens with zero attached hydrogens (tertiary/aromatic N) is 1. The predicted octanol–water partition coefficient (Wildman–Crippen LogP) is 0.212. The van der Waals surface area contributed by atoms with Crippen LogP contribution in [0, 0.1) is 0 Å². The van der Waals surface area contributed by atoms with Gasteiger partial charge in [0.25, 0.3) is 0 Å². The van der Waals surface area contributed by atoms with Crippen molar-refractivity contribution in [1.82, 2.24) is 10.2 Å². The molecule has 2 amide bonds. The lowest BCUT2D eigenvalue weighted by Crippen LogP contribution is -2.55. The Kier molecular flexibility index (Phi) is 3.95. The molecular formula is C12H20N2O5S. The first-order valence-electron chi connectivity index (χ1n) is 6.78. The number of urea groups is 1. The first kappa shape index (κ1) is 15.1. The highest BCUT2D eigenvalue weighted by atomic mass is 32.2. The lowest BCUT2D eigenvalue weighted by molar-refractivity contribution is -0.147. The monoisotopic (exact) mass is 304 g/mol. The van der Waals surface area contributed by atoms with E-state index in [4.69, 9.17) is 0 Å². The van der Waals surface area contributed by atoms with Crippen molar-refractivity contribution in [3.63, 3.8) is 0 Å². The van der Waals surface area contributed by atoms with Gasteiger partial charge in [-0.2, -0.15) is 0 Å². The molecule has 2 N–H and O–H groups in total. The number of carboxylic acid groups (broad SMARTS) is 1. The Hall–Kier alpha value is -1.31. The van der Waals surface area contributed by atoms with Gasteiger partial charge in [-0.05, 0) is 32.6 Å². The van der Waals surface area contributed by atoms with E-state index in [0.29, 0.717) is 32.2 Å². The number of likely N-dealkylation sites (tertiary alicyclic amines) is 1. The van der Waals surface area contributed by atoms with Crippen molar-refractivity contribution in [2.45, 2.75) is 43.4 Å². The van der Waals surface area contributed by atoms with Crippen molar-refractivity contribution in [1.29, 1.82) is 0 Å². The molecule has 2 atom stereocenters. The summed E-state index contributed by atoms with van der Waals surface area (Å²) in [6.45, 7) is 1.97. The van der Waals surface area contributed by atoms with Gasteiger partial charge >= 0.3 is 12.0 Å². The molecule has 8 heteroatoms. The predicted molar refractivity (Wildman–Crippen MR) is 72.2 cm³/mol. The molecule has 0 aromatic carbocycles. The fourth-order valence-corrected chi connectivity index (χ4v) is 4.66. The Morgan fingerprint density at radius 2 is 2.10 bits per heavy atom.